The molecule has 1 atom stereocenters. The van der Waals surface area contributed by atoms with E-state index in [0.29, 0.717) is 48.1 Å². The number of para-hydroxylation sites is 2. The summed E-state index contributed by atoms with van der Waals surface area (Å²) in [7, 11) is -3.85. The molecule has 1 N–H and O–H groups in total. The molecule has 32 heavy (non-hydrogen) atoms. The smallest absolute Gasteiger partial charge is 0.272 e. The Morgan fingerprint density at radius 3 is 2.69 bits per heavy atom. The van der Waals surface area contributed by atoms with Crippen LogP contribution in [0.25, 0.3) is 16.9 Å². The molecule has 0 spiro atoms. The van der Waals surface area contributed by atoms with Gasteiger partial charge in [0.05, 0.1) is 15.9 Å². The van der Waals surface area contributed by atoms with Crippen LogP contribution in [0.4, 0.5) is 5.82 Å². The maximum Gasteiger partial charge on any atom is 0.272 e. The Bertz CT molecular complexity index is 1460. The van der Waals surface area contributed by atoms with Crippen LogP contribution in [0.15, 0.2) is 83.1 Å². The Balaban J connectivity index is 1.67. The van der Waals surface area contributed by atoms with Crippen molar-refractivity contribution < 1.29 is 22.8 Å². The van der Waals surface area contributed by atoms with Crippen molar-refractivity contribution in [1.82, 2.24) is 14.5 Å². The highest BCUT2D eigenvalue weighted by Crippen LogP contribution is 2.33. The Labute approximate surface area is 184 Å². The van der Waals surface area contributed by atoms with Crippen LogP contribution in [-0.4, -0.2) is 36.5 Å². The lowest BCUT2D eigenvalue weighted by atomic mass is 10.3. The molecule has 2 aromatic carbocycles. The Kier molecular flexibility index (Phi) is 5.08. The first kappa shape index (κ1) is 20.2. The number of hydrogen-bond donors (Lipinski definition) is 1. The third-order valence-corrected chi connectivity index (χ3v) is 6.13. The first-order chi connectivity index (χ1) is 15.5. The van der Waals surface area contributed by atoms with Gasteiger partial charge in [0.2, 0.25) is 5.82 Å². The Morgan fingerprint density at radius 1 is 1.16 bits per heavy atom. The Hall–Kier alpha value is -3.76. The van der Waals surface area contributed by atoms with Crippen molar-refractivity contribution in [3.63, 3.8) is 0 Å². The highest BCUT2D eigenvalue weighted by molar-refractivity contribution is 7.88. The maximum atomic E-state index is 13.3. The lowest BCUT2D eigenvalue weighted by molar-refractivity contribution is -0.686. The van der Waals surface area contributed by atoms with Gasteiger partial charge in [-0.3, -0.25) is 4.55 Å². The number of nitrogens with zero attached hydrogens (tertiary/aromatic N) is 5. The fourth-order valence-corrected chi connectivity index (χ4v) is 4.32. The second-order valence-corrected chi connectivity index (χ2v) is 8.71. The lowest BCUT2D eigenvalue weighted by Crippen LogP contribution is -2.29. The van der Waals surface area contributed by atoms with Gasteiger partial charge in [0.15, 0.2) is 21.5 Å². The quantitative estimate of drug-likeness (QED) is 0.370. The lowest BCUT2D eigenvalue weighted by Gasteiger charge is -2.18. The van der Waals surface area contributed by atoms with Gasteiger partial charge in [-0.1, -0.05) is 24.8 Å². The van der Waals surface area contributed by atoms with Gasteiger partial charge in [-0.15, -0.1) is 4.36 Å². The van der Waals surface area contributed by atoms with Crippen molar-refractivity contribution in [3.05, 3.63) is 73.8 Å². The molecule has 3 heterocycles. The summed E-state index contributed by atoms with van der Waals surface area (Å²) in [4.78, 5) is 9.28. The molecule has 0 aliphatic carbocycles. The number of allylic oxidation sites excluding steroid dienone is 1. The van der Waals surface area contributed by atoms with Crippen molar-refractivity contribution in [2.75, 3.05) is 13.2 Å². The highest BCUT2D eigenvalue weighted by atomic mass is 32.2. The van der Waals surface area contributed by atoms with Crippen molar-refractivity contribution in [2.24, 2.45) is 4.36 Å². The number of hydrogen-bond acceptors (Lipinski definition) is 6. The zero-order chi connectivity index (χ0) is 22.1. The molecular weight excluding hydrogens is 430 g/mol. The molecule has 5 rings (SSSR count). The van der Waals surface area contributed by atoms with Crippen LogP contribution in [0.5, 0.6) is 11.5 Å². The van der Waals surface area contributed by atoms with Gasteiger partial charge in [0.25, 0.3) is 12.1 Å². The molecule has 1 aliphatic rings. The predicted molar refractivity (Wildman–Crippen MR) is 118 cm³/mol. The van der Waals surface area contributed by atoms with E-state index in [1.807, 2.05) is 29.0 Å². The van der Waals surface area contributed by atoms with E-state index in [-0.39, 0.29) is 10.7 Å². The van der Waals surface area contributed by atoms with Crippen LogP contribution in [-0.2, 0) is 16.6 Å². The number of rotatable bonds is 5. The minimum absolute atomic E-state index is 0.0486. The van der Waals surface area contributed by atoms with Crippen LogP contribution in [0.1, 0.15) is 0 Å². The zero-order valence-corrected chi connectivity index (χ0v) is 17.8. The number of fused-ring (bicyclic) bond motifs is 2. The van der Waals surface area contributed by atoms with Gasteiger partial charge in [-0.05, 0) is 24.3 Å². The van der Waals surface area contributed by atoms with E-state index < -0.39 is 10.0 Å². The largest absolute Gasteiger partial charge is 0.486 e. The minimum Gasteiger partial charge on any atom is -0.486 e. The first-order valence-electron chi connectivity index (χ1n) is 9.88. The second kappa shape index (κ2) is 8.06. The average molecular weight is 451 g/mol. The van der Waals surface area contributed by atoms with Crippen LogP contribution < -0.4 is 14.0 Å². The van der Waals surface area contributed by atoms with Crippen LogP contribution in [0.2, 0.25) is 0 Å². The van der Waals surface area contributed by atoms with Crippen molar-refractivity contribution in [1.29, 1.82) is 0 Å². The average Bonchev–Trinajstić information content (AvgIpc) is 3.27. The highest BCUT2D eigenvalue weighted by Gasteiger charge is 2.21. The summed E-state index contributed by atoms with van der Waals surface area (Å²) in [5, 5.41) is 0. The van der Waals surface area contributed by atoms with Crippen LogP contribution in [0, 0.1) is 0 Å². The van der Waals surface area contributed by atoms with Crippen molar-refractivity contribution in [2.45, 2.75) is 11.4 Å². The summed E-state index contributed by atoms with van der Waals surface area (Å²) >= 11 is 0. The number of imidazole rings is 1. The van der Waals surface area contributed by atoms with E-state index in [0.717, 1.165) is 0 Å². The third-order valence-electron chi connectivity index (χ3n) is 4.84. The van der Waals surface area contributed by atoms with Crippen LogP contribution in [0.3, 0.4) is 0 Å². The van der Waals surface area contributed by atoms with Gasteiger partial charge < -0.3 is 9.47 Å². The topological polar surface area (TPSA) is 103 Å². The van der Waals surface area contributed by atoms with E-state index >= 15 is 0 Å². The molecule has 0 radical (unpaired) electrons. The van der Waals surface area contributed by atoms with E-state index in [2.05, 4.69) is 20.9 Å². The molecular formula is C22H20N5O4S+. The molecule has 0 amide bonds. The summed E-state index contributed by atoms with van der Waals surface area (Å²) in [6.45, 7) is 5.16. The molecule has 0 saturated carbocycles. The first-order valence-corrected chi connectivity index (χ1v) is 11.3. The summed E-state index contributed by atoms with van der Waals surface area (Å²) in [5.41, 5.74) is 1.22. The van der Waals surface area contributed by atoms with E-state index in [4.69, 9.17) is 9.47 Å². The van der Waals surface area contributed by atoms with E-state index in [1.54, 1.807) is 35.3 Å². The number of aromatic nitrogens is 4. The molecule has 1 unspecified atom stereocenters. The summed E-state index contributed by atoms with van der Waals surface area (Å²) in [6.07, 6.45) is 7.19. The zero-order valence-electron chi connectivity index (χ0n) is 17.0. The summed E-state index contributed by atoms with van der Waals surface area (Å²) in [5.74, 6) is 1.32. The van der Waals surface area contributed by atoms with Gasteiger partial charge >= 0.3 is 0 Å². The monoisotopic (exact) mass is 450 g/mol. The number of ether oxygens (including phenoxy) is 2. The van der Waals surface area contributed by atoms with Crippen molar-refractivity contribution >= 4 is 26.9 Å². The Morgan fingerprint density at radius 2 is 1.91 bits per heavy atom. The molecule has 0 bridgehead atoms. The molecule has 2 aromatic heterocycles. The maximum absolute atomic E-state index is 13.3. The molecule has 4 aromatic rings. The third kappa shape index (κ3) is 3.81. The van der Waals surface area contributed by atoms with Crippen molar-refractivity contribution in [3.8, 4) is 17.3 Å². The molecule has 0 saturated heterocycles. The van der Waals surface area contributed by atoms with Gasteiger partial charge in [0, 0.05) is 6.07 Å². The fraction of sp³-hybridized carbons (Fsp3) is 0.136. The van der Waals surface area contributed by atoms with Gasteiger partial charge in [-0.25, -0.2) is 18.7 Å². The summed E-state index contributed by atoms with van der Waals surface area (Å²) in [6, 6.07) is 11.9. The summed E-state index contributed by atoms with van der Waals surface area (Å²) < 4.78 is 42.9. The van der Waals surface area contributed by atoms with E-state index in [9.17, 15) is 8.76 Å². The normalized spacial score (nSPS) is 14.7. The SMILES string of the molecule is C=CC[n+]1ccn(-c2nc3ccccc3nc2N=S(=O)(O)c2ccc3c(c2)OCCO3)c1. The molecule has 0 fully saturated rings. The molecule has 10 heteroatoms. The predicted octanol–water partition coefficient (Wildman–Crippen LogP) is 3.30. The standard InChI is InChI=1S/C22H19N5O4S/c1-2-9-26-10-11-27(15-26)22-21(23-17-5-3-4-6-18(17)24-22)25-32(28,29)16-7-8-19-20(14-16)31-13-12-30-19/h2-8,10-11,14-15H,1,9,12-13H2/p+1. The second-order valence-electron chi connectivity index (χ2n) is 7.06. The molecule has 9 nitrogen and oxygen atoms in total. The van der Waals surface area contributed by atoms with Gasteiger partial charge in [-0.2, -0.15) is 4.57 Å². The minimum atomic E-state index is -3.85. The van der Waals surface area contributed by atoms with Crippen LogP contribution >= 0.6 is 0 Å². The fourth-order valence-electron chi connectivity index (χ4n) is 3.35. The molecule has 1 aliphatic heterocycles. The van der Waals surface area contributed by atoms with Gasteiger partial charge in [0.1, 0.15) is 32.2 Å². The van der Waals surface area contributed by atoms with E-state index in [1.165, 1.54) is 12.1 Å². The molecule has 162 valence electrons. The number of benzene rings is 2.